The highest BCUT2D eigenvalue weighted by molar-refractivity contribution is 8.01. The van der Waals surface area contributed by atoms with E-state index >= 15 is 0 Å². The van der Waals surface area contributed by atoms with E-state index in [0.29, 0.717) is 36.0 Å². The molecule has 2 amide bonds. The second-order valence-electron chi connectivity index (χ2n) is 8.14. The lowest BCUT2D eigenvalue weighted by Gasteiger charge is -2.22. The molecule has 2 aliphatic carbocycles. The van der Waals surface area contributed by atoms with E-state index in [9.17, 15) is 9.59 Å². The van der Waals surface area contributed by atoms with Crippen molar-refractivity contribution in [3.8, 4) is 0 Å². The topological polar surface area (TPSA) is 88.6 Å². The number of nitrogens with one attached hydrogen (secondary N) is 1. The minimum absolute atomic E-state index is 0.0483. The maximum absolute atomic E-state index is 12.8. The van der Waals surface area contributed by atoms with Gasteiger partial charge in [0.15, 0.2) is 5.82 Å². The van der Waals surface area contributed by atoms with Gasteiger partial charge >= 0.3 is 0 Å². The number of hydrogen-bond acceptors (Lipinski definition) is 6. The summed E-state index contributed by atoms with van der Waals surface area (Å²) in [4.78, 5) is 27.0. The first-order valence-corrected chi connectivity index (χ1v) is 11.2. The van der Waals surface area contributed by atoms with Gasteiger partial charge in [0.2, 0.25) is 11.8 Å². The number of amides is 2. The SMILES string of the molecule is Cc1cc(NC(=O)[C@H](C)SCC(=O)N(Cc2ccc([C@H]3C[C@@H]3C)o2)C2CC2)no1. The number of aromatic nitrogens is 1. The number of carbonyl (C=O) groups is 2. The van der Waals surface area contributed by atoms with E-state index in [1.54, 1.807) is 19.9 Å². The summed E-state index contributed by atoms with van der Waals surface area (Å²) in [5.74, 6) is 4.26. The predicted molar refractivity (Wildman–Crippen MR) is 111 cm³/mol. The van der Waals surface area contributed by atoms with E-state index in [0.717, 1.165) is 24.4 Å². The molecule has 0 bridgehead atoms. The molecule has 0 aromatic carbocycles. The van der Waals surface area contributed by atoms with E-state index in [2.05, 4.69) is 17.4 Å². The number of carbonyl (C=O) groups excluding carboxylic acids is 2. The van der Waals surface area contributed by atoms with Gasteiger partial charge in [-0.25, -0.2) is 0 Å². The van der Waals surface area contributed by atoms with Gasteiger partial charge in [0, 0.05) is 18.0 Å². The van der Waals surface area contributed by atoms with Gasteiger partial charge in [-0.05, 0) is 51.2 Å². The lowest BCUT2D eigenvalue weighted by Crippen LogP contribution is -2.35. The van der Waals surface area contributed by atoms with Crippen molar-refractivity contribution in [2.45, 2.75) is 63.8 Å². The standard InChI is InChI=1S/C21H27N3O4S/c1-12-8-17(12)18-7-6-16(27-18)10-24(15-4-5-15)20(25)11-29-14(3)21(26)22-19-9-13(2)28-23-19/h6-7,9,12,14-15,17H,4-5,8,10-11H2,1-3H3,(H,22,23,26)/t12-,14-,17-/m0/s1. The Balaban J connectivity index is 1.28. The van der Waals surface area contributed by atoms with Crippen LogP contribution in [0.5, 0.6) is 0 Å². The molecule has 2 aliphatic rings. The van der Waals surface area contributed by atoms with Crippen molar-refractivity contribution in [3.05, 3.63) is 35.5 Å². The maximum Gasteiger partial charge on any atom is 0.238 e. The molecule has 0 saturated heterocycles. The van der Waals surface area contributed by atoms with Gasteiger partial charge in [-0.2, -0.15) is 0 Å². The molecular formula is C21H27N3O4S. The third kappa shape index (κ3) is 5.04. The molecule has 2 aromatic heterocycles. The predicted octanol–water partition coefficient (Wildman–Crippen LogP) is 3.95. The number of thioether (sulfide) groups is 1. The summed E-state index contributed by atoms with van der Waals surface area (Å²) < 4.78 is 10.9. The Bertz CT molecular complexity index is 888. The summed E-state index contributed by atoms with van der Waals surface area (Å²) in [6.07, 6.45) is 3.25. The number of rotatable bonds is 9. The lowest BCUT2D eigenvalue weighted by atomic mass is 10.3. The molecular weight excluding hydrogens is 390 g/mol. The zero-order valence-electron chi connectivity index (χ0n) is 17.0. The Hall–Kier alpha value is -2.22. The molecule has 3 atom stereocenters. The third-order valence-corrected chi connectivity index (χ3v) is 6.62. The molecule has 0 radical (unpaired) electrons. The monoisotopic (exact) mass is 417 g/mol. The second-order valence-corrected chi connectivity index (χ2v) is 9.47. The molecule has 2 aromatic rings. The number of furan rings is 1. The highest BCUT2D eigenvalue weighted by Gasteiger charge is 2.37. The van der Waals surface area contributed by atoms with Crippen molar-refractivity contribution in [2.75, 3.05) is 11.1 Å². The number of anilines is 1. The summed E-state index contributed by atoms with van der Waals surface area (Å²) in [5, 5.41) is 6.10. The van der Waals surface area contributed by atoms with Crippen LogP contribution in [-0.4, -0.2) is 38.9 Å². The summed E-state index contributed by atoms with van der Waals surface area (Å²) >= 11 is 1.33. The Morgan fingerprint density at radius 1 is 1.38 bits per heavy atom. The van der Waals surface area contributed by atoms with Gasteiger partial charge in [-0.1, -0.05) is 12.1 Å². The zero-order valence-corrected chi connectivity index (χ0v) is 17.8. The molecule has 2 fully saturated rings. The molecule has 1 N–H and O–H groups in total. The van der Waals surface area contributed by atoms with E-state index in [-0.39, 0.29) is 22.8 Å². The molecule has 7 nitrogen and oxygen atoms in total. The van der Waals surface area contributed by atoms with Crippen molar-refractivity contribution in [3.63, 3.8) is 0 Å². The van der Waals surface area contributed by atoms with Crippen LogP contribution in [0.3, 0.4) is 0 Å². The summed E-state index contributed by atoms with van der Waals surface area (Å²) in [6.45, 7) is 6.28. The fourth-order valence-electron chi connectivity index (χ4n) is 3.38. The normalized spacial score (nSPS) is 21.6. The highest BCUT2D eigenvalue weighted by atomic mass is 32.2. The second kappa shape index (κ2) is 8.26. The highest BCUT2D eigenvalue weighted by Crippen LogP contribution is 2.47. The minimum atomic E-state index is -0.372. The molecule has 8 heteroatoms. The van der Waals surface area contributed by atoms with Gasteiger partial charge in [0.1, 0.15) is 17.3 Å². The van der Waals surface area contributed by atoms with E-state index in [1.807, 2.05) is 17.0 Å². The minimum Gasteiger partial charge on any atom is -0.464 e. The largest absolute Gasteiger partial charge is 0.464 e. The smallest absolute Gasteiger partial charge is 0.238 e. The lowest BCUT2D eigenvalue weighted by molar-refractivity contribution is -0.129. The van der Waals surface area contributed by atoms with Crippen LogP contribution in [-0.2, 0) is 16.1 Å². The summed E-state index contributed by atoms with van der Waals surface area (Å²) in [6, 6.07) is 5.99. The molecule has 29 heavy (non-hydrogen) atoms. The quantitative estimate of drug-likeness (QED) is 0.665. The molecule has 156 valence electrons. The van der Waals surface area contributed by atoms with Crippen LogP contribution < -0.4 is 5.32 Å². The van der Waals surface area contributed by atoms with Crippen molar-refractivity contribution in [1.29, 1.82) is 0 Å². The number of nitrogens with zero attached hydrogens (tertiary/aromatic N) is 2. The average molecular weight is 418 g/mol. The van der Waals surface area contributed by atoms with Crippen LogP contribution in [0.15, 0.2) is 27.1 Å². The van der Waals surface area contributed by atoms with Crippen molar-refractivity contribution < 1.29 is 18.5 Å². The Kier molecular flexibility index (Phi) is 5.72. The average Bonchev–Trinajstić information content (AvgIpc) is 3.58. The molecule has 4 rings (SSSR count). The first kappa shape index (κ1) is 20.1. The zero-order chi connectivity index (χ0) is 20.5. The summed E-state index contributed by atoms with van der Waals surface area (Å²) in [7, 11) is 0. The van der Waals surface area contributed by atoms with Gasteiger partial charge in [-0.15, -0.1) is 11.8 Å². The molecule has 0 unspecified atom stereocenters. The van der Waals surface area contributed by atoms with Gasteiger partial charge < -0.3 is 19.2 Å². The van der Waals surface area contributed by atoms with Crippen molar-refractivity contribution in [2.24, 2.45) is 5.92 Å². The van der Waals surface area contributed by atoms with E-state index in [4.69, 9.17) is 8.94 Å². The van der Waals surface area contributed by atoms with Crippen LogP contribution in [0.1, 0.15) is 56.3 Å². The van der Waals surface area contributed by atoms with E-state index in [1.165, 1.54) is 18.2 Å². The third-order valence-electron chi connectivity index (χ3n) is 5.50. The maximum atomic E-state index is 12.8. The Labute approximate surface area is 174 Å². The fraction of sp³-hybridized carbons (Fsp3) is 0.571. The van der Waals surface area contributed by atoms with Crippen LogP contribution in [0.25, 0.3) is 0 Å². The summed E-state index contributed by atoms with van der Waals surface area (Å²) in [5.41, 5.74) is 0. The van der Waals surface area contributed by atoms with Crippen LogP contribution in [0.4, 0.5) is 5.82 Å². The van der Waals surface area contributed by atoms with Crippen LogP contribution >= 0.6 is 11.8 Å². The van der Waals surface area contributed by atoms with Crippen LogP contribution in [0.2, 0.25) is 0 Å². The Morgan fingerprint density at radius 2 is 2.14 bits per heavy atom. The Morgan fingerprint density at radius 3 is 2.76 bits per heavy atom. The number of aryl methyl sites for hydroxylation is 1. The van der Waals surface area contributed by atoms with Crippen molar-refractivity contribution in [1.82, 2.24) is 10.1 Å². The van der Waals surface area contributed by atoms with Gasteiger partial charge in [0.25, 0.3) is 0 Å². The van der Waals surface area contributed by atoms with Gasteiger partial charge in [-0.3, -0.25) is 9.59 Å². The first-order valence-electron chi connectivity index (χ1n) is 10.1. The van der Waals surface area contributed by atoms with E-state index < -0.39 is 0 Å². The first-order chi connectivity index (χ1) is 13.9. The fourth-order valence-corrected chi connectivity index (χ4v) is 4.15. The van der Waals surface area contributed by atoms with Crippen LogP contribution in [0, 0.1) is 12.8 Å². The number of hydrogen-bond donors (Lipinski definition) is 1. The van der Waals surface area contributed by atoms with Crippen molar-refractivity contribution >= 4 is 29.4 Å². The molecule has 0 aliphatic heterocycles. The molecule has 2 saturated carbocycles. The van der Waals surface area contributed by atoms with Gasteiger partial charge in [0.05, 0.1) is 17.5 Å². The molecule has 0 spiro atoms. The molecule has 2 heterocycles.